The fourth-order valence-electron chi connectivity index (χ4n) is 1.84. The lowest BCUT2D eigenvalue weighted by Gasteiger charge is -2.08. The molecule has 0 aliphatic heterocycles. The summed E-state index contributed by atoms with van der Waals surface area (Å²) in [7, 11) is 0. The van der Waals surface area contributed by atoms with Crippen LogP contribution >= 0.6 is 11.3 Å². The largest absolute Gasteiger partial charge is 0.493 e. The highest BCUT2D eigenvalue weighted by molar-refractivity contribution is 7.09. The number of ether oxygens (including phenoxy) is 1. The molecule has 0 saturated heterocycles. The summed E-state index contributed by atoms with van der Waals surface area (Å²) in [5.74, 6) is 0.930. The Morgan fingerprint density at radius 3 is 2.95 bits per heavy atom. The van der Waals surface area contributed by atoms with Crippen molar-refractivity contribution in [1.82, 2.24) is 4.98 Å². The van der Waals surface area contributed by atoms with Gasteiger partial charge >= 0.3 is 0 Å². The Morgan fingerprint density at radius 1 is 1.37 bits per heavy atom. The summed E-state index contributed by atoms with van der Waals surface area (Å²) in [6.07, 6.45) is 1.16. The van der Waals surface area contributed by atoms with Crippen molar-refractivity contribution in [3.05, 3.63) is 45.4 Å². The second-order valence-electron chi connectivity index (χ2n) is 4.43. The monoisotopic (exact) mass is 272 g/mol. The molecule has 0 atom stereocenters. The van der Waals surface area contributed by atoms with Crippen molar-refractivity contribution < 1.29 is 4.74 Å². The van der Waals surface area contributed by atoms with Crippen LogP contribution in [0.2, 0.25) is 0 Å². The Balaban J connectivity index is 1.87. The molecule has 0 bridgehead atoms. The van der Waals surface area contributed by atoms with E-state index in [1.54, 1.807) is 11.3 Å². The van der Waals surface area contributed by atoms with Gasteiger partial charge in [0, 0.05) is 11.8 Å². The standard InChI is InChI=1S/C15H16N2OS/c1-11-3-4-14(12(2)9-11)18-8-6-15-17-13(5-7-16)10-19-15/h3-4,9-10H,5-6,8H2,1-2H3. The van der Waals surface area contributed by atoms with Gasteiger partial charge in [-0.05, 0) is 25.5 Å². The number of aryl methyl sites for hydroxylation is 2. The lowest BCUT2D eigenvalue weighted by molar-refractivity contribution is 0.319. The van der Waals surface area contributed by atoms with Gasteiger partial charge in [0.1, 0.15) is 5.75 Å². The summed E-state index contributed by atoms with van der Waals surface area (Å²) in [6, 6.07) is 8.28. The van der Waals surface area contributed by atoms with Crippen LogP contribution in [0.3, 0.4) is 0 Å². The number of hydrogen-bond acceptors (Lipinski definition) is 4. The SMILES string of the molecule is Cc1ccc(OCCc2nc(CC#N)cs2)c(C)c1. The van der Waals surface area contributed by atoms with Gasteiger partial charge in [-0.3, -0.25) is 0 Å². The van der Waals surface area contributed by atoms with Crippen LogP contribution in [0.1, 0.15) is 21.8 Å². The maximum absolute atomic E-state index is 8.60. The molecule has 0 N–H and O–H groups in total. The lowest BCUT2D eigenvalue weighted by Crippen LogP contribution is -2.02. The van der Waals surface area contributed by atoms with Crippen LogP contribution in [0, 0.1) is 25.2 Å². The van der Waals surface area contributed by atoms with E-state index >= 15 is 0 Å². The van der Waals surface area contributed by atoms with E-state index in [1.807, 2.05) is 11.4 Å². The quantitative estimate of drug-likeness (QED) is 0.837. The molecule has 2 aromatic rings. The molecular weight excluding hydrogens is 256 g/mol. The van der Waals surface area contributed by atoms with Crippen molar-refractivity contribution in [2.24, 2.45) is 0 Å². The van der Waals surface area contributed by atoms with Crippen molar-refractivity contribution >= 4 is 11.3 Å². The lowest BCUT2D eigenvalue weighted by atomic mass is 10.1. The van der Waals surface area contributed by atoms with Crippen molar-refractivity contribution in [2.45, 2.75) is 26.7 Å². The number of nitrogens with zero attached hydrogens (tertiary/aromatic N) is 2. The maximum atomic E-state index is 8.60. The molecule has 1 aromatic heterocycles. The van der Waals surface area contributed by atoms with E-state index in [0.29, 0.717) is 13.0 Å². The Morgan fingerprint density at radius 2 is 2.21 bits per heavy atom. The first kappa shape index (κ1) is 13.6. The van der Waals surface area contributed by atoms with Gasteiger partial charge in [0.05, 0.1) is 29.8 Å². The summed E-state index contributed by atoms with van der Waals surface area (Å²) >= 11 is 1.59. The molecule has 2 rings (SSSR count). The summed E-state index contributed by atoms with van der Waals surface area (Å²) in [6.45, 7) is 4.74. The predicted octanol–water partition coefficient (Wildman–Crippen LogP) is 3.45. The van der Waals surface area contributed by atoms with Crippen molar-refractivity contribution in [3.8, 4) is 11.8 Å². The first-order chi connectivity index (χ1) is 9.19. The molecule has 0 unspecified atom stereocenters. The van der Waals surface area contributed by atoms with E-state index in [0.717, 1.165) is 28.4 Å². The van der Waals surface area contributed by atoms with Crippen LogP contribution < -0.4 is 4.74 Å². The maximum Gasteiger partial charge on any atom is 0.122 e. The highest BCUT2D eigenvalue weighted by Gasteiger charge is 2.03. The van der Waals surface area contributed by atoms with Gasteiger partial charge in [0.15, 0.2) is 0 Å². The van der Waals surface area contributed by atoms with Gasteiger partial charge in [-0.2, -0.15) is 5.26 Å². The van der Waals surface area contributed by atoms with Crippen LogP contribution in [-0.2, 0) is 12.8 Å². The molecule has 1 aromatic carbocycles. The third-order valence-electron chi connectivity index (χ3n) is 2.76. The highest BCUT2D eigenvalue weighted by Crippen LogP contribution is 2.19. The number of rotatable bonds is 5. The highest BCUT2D eigenvalue weighted by atomic mass is 32.1. The average Bonchev–Trinajstić information content (AvgIpc) is 2.80. The number of aromatic nitrogens is 1. The molecule has 0 aliphatic carbocycles. The van der Waals surface area contributed by atoms with Gasteiger partial charge < -0.3 is 4.74 Å². The third kappa shape index (κ3) is 3.80. The zero-order valence-electron chi connectivity index (χ0n) is 11.1. The van der Waals surface area contributed by atoms with Gasteiger partial charge in [-0.1, -0.05) is 17.7 Å². The van der Waals surface area contributed by atoms with Gasteiger partial charge in [-0.25, -0.2) is 4.98 Å². The average molecular weight is 272 g/mol. The molecule has 0 aliphatic rings. The van der Waals surface area contributed by atoms with E-state index < -0.39 is 0 Å². The number of hydrogen-bond donors (Lipinski definition) is 0. The minimum atomic E-state index is 0.383. The van der Waals surface area contributed by atoms with Crippen LogP contribution in [-0.4, -0.2) is 11.6 Å². The molecule has 3 nitrogen and oxygen atoms in total. The zero-order chi connectivity index (χ0) is 13.7. The second-order valence-corrected chi connectivity index (χ2v) is 5.38. The number of nitriles is 1. The zero-order valence-corrected chi connectivity index (χ0v) is 12.0. The van der Waals surface area contributed by atoms with Crippen LogP contribution in [0.4, 0.5) is 0 Å². The summed E-state index contributed by atoms with van der Waals surface area (Å²) in [5, 5.41) is 11.6. The van der Waals surface area contributed by atoms with E-state index in [9.17, 15) is 0 Å². The molecule has 4 heteroatoms. The Kier molecular flexibility index (Phi) is 4.53. The fourth-order valence-corrected chi connectivity index (χ4v) is 2.61. The molecule has 0 radical (unpaired) electrons. The van der Waals surface area contributed by atoms with Crippen LogP contribution in [0.25, 0.3) is 0 Å². The Hall–Kier alpha value is -1.86. The summed E-state index contributed by atoms with van der Waals surface area (Å²) in [4.78, 5) is 4.38. The predicted molar refractivity (Wildman–Crippen MR) is 76.5 cm³/mol. The Labute approximate surface area is 117 Å². The first-order valence-corrected chi connectivity index (χ1v) is 7.07. The minimum absolute atomic E-state index is 0.383. The van der Waals surface area contributed by atoms with Crippen LogP contribution in [0.5, 0.6) is 5.75 Å². The van der Waals surface area contributed by atoms with E-state index in [-0.39, 0.29) is 0 Å². The van der Waals surface area contributed by atoms with Gasteiger partial charge in [-0.15, -0.1) is 11.3 Å². The van der Waals surface area contributed by atoms with Crippen molar-refractivity contribution in [3.63, 3.8) is 0 Å². The fraction of sp³-hybridized carbons (Fsp3) is 0.333. The normalized spacial score (nSPS) is 10.2. The van der Waals surface area contributed by atoms with Crippen LogP contribution in [0.15, 0.2) is 23.6 Å². The topological polar surface area (TPSA) is 45.9 Å². The van der Waals surface area contributed by atoms with E-state index in [1.165, 1.54) is 5.56 Å². The molecule has 98 valence electrons. The molecule has 0 amide bonds. The molecule has 1 heterocycles. The summed E-state index contributed by atoms with van der Waals surface area (Å²) < 4.78 is 5.77. The molecule has 0 spiro atoms. The number of benzene rings is 1. The van der Waals surface area contributed by atoms with Crippen molar-refractivity contribution in [2.75, 3.05) is 6.61 Å². The minimum Gasteiger partial charge on any atom is -0.493 e. The summed E-state index contributed by atoms with van der Waals surface area (Å²) in [5.41, 5.74) is 3.25. The third-order valence-corrected chi connectivity index (χ3v) is 3.72. The first-order valence-electron chi connectivity index (χ1n) is 6.19. The van der Waals surface area contributed by atoms with Crippen molar-refractivity contribution in [1.29, 1.82) is 5.26 Å². The second kappa shape index (κ2) is 6.35. The molecule has 0 fully saturated rings. The van der Waals surface area contributed by atoms with E-state index in [2.05, 4.69) is 37.0 Å². The van der Waals surface area contributed by atoms with Gasteiger partial charge in [0.25, 0.3) is 0 Å². The molecule has 19 heavy (non-hydrogen) atoms. The molecule has 0 saturated carbocycles. The number of thiazole rings is 1. The smallest absolute Gasteiger partial charge is 0.122 e. The Bertz CT molecular complexity index is 598. The van der Waals surface area contributed by atoms with Gasteiger partial charge in [0.2, 0.25) is 0 Å². The molecular formula is C15H16N2OS. The van der Waals surface area contributed by atoms with E-state index in [4.69, 9.17) is 10.00 Å².